The first-order valence-corrected chi connectivity index (χ1v) is 14.8. The lowest BCUT2D eigenvalue weighted by Crippen LogP contribution is -2.30. The molecule has 5 aromatic rings. The third kappa shape index (κ3) is 7.65. The Balaban J connectivity index is 1.21. The average Bonchev–Trinajstić information content (AvgIpc) is 3.66. The van der Waals surface area contributed by atoms with E-state index in [0.717, 1.165) is 20.9 Å². The van der Waals surface area contributed by atoms with Crippen molar-refractivity contribution in [1.29, 1.82) is 0 Å². The van der Waals surface area contributed by atoms with Gasteiger partial charge in [-0.15, -0.1) is 11.8 Å². The van der Waals surface area contributed by atoms with Gasteiger partial charge in [-0.05, 0) is 67.6 Å². The molecule has 9 nitrogen and oxygen atoms in total. The van der Waals surface area contributed by atoms with Crippen molar-refractivity contribution in [2.45, 2.75) is 11.8 Å². The number of carbonyl (C=O) groups excluding carboxylic acids is 3. The first kappa shape index (κ1) is 28.7. The number of rotatable bonds is 11. The summed E-state index contributed by atoms with van der Waals surface area (Å²) in [7, 11) is 0. The molecule has 2 heterocycles. The molecule has 0 radical (unpaired) electrons. The maximum atomic E-state index is 13.2. The van der Waals surface area contributed by atoms with Crippen LogP contribution in [0.5, 0.6) is 5.75 Å². The van der Waals surface area contributed by atoms with Crippen molar-refractivity contribution >= 4 is 67.9 Å². The molecule has 42 heavy (non-hydrogen) atoms. The zero-order chi connectivity index (χ0) is 29.3. The number of benzene rings is 3. The lowest BCUT2D eigenvalue weighted by Gasteiger charge is -2.12. The summed E-state index contributed by atoms with van der Waals surface area (Å²) in [6.07, 6.45) is 2.94. The van der Waals surface area contributed by atoms with Gasteiger partial charge in [0.1, 0.15) is 17.2 Å². The second-order valence-electron chi connectivity index (χ2n) is 8.79. The Morgan fingerprint density at radius 2 is 1.83 bits per heavy atom. The third-order valence-electron chi connectivity index (χ3n) is 5.74. The second kappa shape index (κ2) is 13.7. The molecule has 5 rings (SSSR count). The molecule has 0 aliphatic rings. The Hall–Kier alpha value is -4.87. The number of furan rings is 1. The highest BCUT2D eigenvalue weighted by Crippen LogP contribution is 2.30. The lowest BCUT2D eigenvalue weighted by atomic mass is 10.2. The summed E-state index contributed by atoms with van der Waals surface area (Å²) in [4.78, 5) is 43.8. The van der Waals surface area contributed by atoms with Gasteiger partial charge in [-0.25, -0.2) is 4.98 Å². The van der Waals surface area contributed by atoms with Gasteiger partial charge in [0.05, 0.1) is 28.8 Å². The van der Waals surface area contributed by atoms with Gasteiger partial charge in [0, 0.05) is 22.2 Å². The van der Waals surface area contributed by atoms with Crippen molar-refractivity contribution in [2.75, 3.05) is 23.0 Å². The predicted molar refractivity (Wildman–Crippen MR) is 166 cm³/mol. The smallest absolute Gasteiger partial charge is 0.272 e. The van der Waals surface area contributed by atoms with Crippen LogP contribution < -0.4 is 20.7 Å². The van der Waals surface area contributed by atoms with E-state index in [1.807, 2.05) is 31.2 Å². The molecule has 0 bridgehead atoms. The lowest BCUT2D eigenvalue weighted by molar-refractivity contribution is -0.114. The maximum absolute atomic E-state index is 13.2. The van der Waals surface area contributed by atoms with E-state index in [0.29, 0.717) is 28.7 Å². The fourth-order valence-corrected chi connectivity index (χ4v) is 5.50. The van der Waals surface area contributed by atoms with Crippen molar-refractivity contribution in [2.24, 2.45) is 0 Å². The van der Waals surface area contributed by atoms with E-state index in [1.54, 1.807) is 60.7 Å². The van der Waals surface area contributed by atoms with Gasteiger partial charge in [-0.3, -0.25) is 14.4 Å². The minimum absolute atomic E-state index is 0.0143. The van der Waals surface area contributed by atoms with E-state index in [4.69, 9.17) is 9.15 Å². The summed E-state index contributed by atoms with van der Waals surface area (Å²) >= 11 is 2.70. The Bertz CT molecular complexity index is 1730. The van der Waals surface area contributed by atoms with Gasteiger partial charge in [0.25, 0.3) is 11.8 Å². The molecule has 0 unspecified atom stereocenters. The number of amides is 3. The highest BCUT2D eigenvalue weighted by atomic mass is 32.2. The van der Waals surface area contributed by atoms with Crippen LogP contribution in [0.3, 0.4) is 0 Å². The number of nitrogens with one attached hydrogen (secondary N) is 3. The van der Waals surface area contributed by atoms with Gasteiger partial charge in [0.2, 0.25) is 5.91 Å². The van der Waals surface area contributed by atoms with Crippen LogP contribution in [0.4, 0.5) is 10.8 Å². The molecule has 212 valence electrons. The first-order valence-electron chi connectivity index (χ1n) is 13.0. The molecule has 0 aliphatic heterocycles. The van der Waals surface area contributed by atoms with Crippen LogP contribution in [0, 0.1) is 0 Å². The monoisotopic (exact) mass is 598 g/mol. The van der Waals surface area contributed by atoms with Gasteiger partial charge in [0.15, 0.2) is 5.13 Å². The summed E-state index contributed by atoms with van der Waals surface area (Å²) in [5, 5.41) is 8.84. The highest BCUT2D eigenvalue weighted by Gasteiger charge is 2.16. The zero-order valence-corrected chi connectivity index (χ0v) is 24.1. The fourth-order valence-electron chi connectivity index (χ4n) is 3.84. The molecule has 11 heteroatoms. The number of carbonyl (C=O) groups is 3. The van der Waals surface area contributed by atoms with Gasteiger partial charge >= 0.3 is 0 Å². The molecule has 0 aliphatic carbocycles. The number of aromatic nitrogens is 1. The predicted octanol–water partition coefficient (Wildman–Crippen LogP) is 6.43. The molecule has 3 amide bonds. The van der Waals surface area contributed by atoms with Crippen molar-refractivity contribution in [3.05, 3.63) is 108 Å². The van der Waals surface area contributed by atoms with Crippen LogP contribution >= 0.6 is 23.1 Å². The quantitative estimate of drug-likeness (QED) is 0.118. The molecule has 0 fully saturated rings. The Morgan fingerprint density at radius 1 is 0.976 bits per heavy atom. The molecular formula is C31H26N4O5S2. The summed E-state index contributed by atoms with van der Waals surface area (Å²) in [5.41, 5.74) is 1.71. The number of hydrogen-bond donors (Lipinski definition) is 3. The summed E-state index contributed by atoms with van der Waals surface area (Å²) < 4.78 is 11.8. The average molecular weight is 599 g/mol. The molecule has 0 atom stereocenters. The second-order valence-corrected chi connectivity index (χ2v) is 10.9. The van der Waals surface area contributed by atoms with E-state index >= 15 is 0 Å². The van der Waals surface area contributed by atoms with E-state index < -0.39 is 11.8 Å². The highest BCUT2D eigenvalue weighted by molar-refractivity contribution is 8.00. The summed E-state index contributed by atoms with van der Waals surface area (Å²) in [6.45, 7) is 2.50. The van der Waals surface area contributed by atoms with E-state index in [-0.39, 0.29) is 17.4 Å². The number of anilines is 2. The normalized spacial score (nSPS) is 11.2. The molecule has 2 aromatic heterocycles. The SMILES string of the molecule is CCOc1ccc2nc(NC(=O)CSc3cccc(NC(=O)/C(=C/c4ccco4)NC(=O)c4ccccc4)c3)sc2c1. The Morgan fingerprint density at radius 3 is 2.62 bits per heavy atom. The largest absolute Gasteiger partial charge is 0.494 e. The van der Waals surface area contributed by atoms with Crippen LogP contribution in [-0.4, -0.2) is 35.1 Å². The Labute approximate surface area is 250 Å². The van der Waals surface area contributed by atoms with Crippen molar-refractivity contribution < 1.29 is 23.5 Å². The van der Waals surface area contributed by atoms with Crippen molar-refractivity contribution in [1.82, 2.24) is 10.3 Å². The van der Waals surface area contributed by atoms with Gasteiger partial charge < -0.3 is 25.1 Å². The molecule has 3 N–H and O–H groups in total. The number of hydrogen-bond acceptors (Lipinski definition) is 8. The van der Waals surface area contributed by atoms with Crippen LogP contribution in [0.25, 0.3) is 16.3 Å². The first-order chi connectivity index (χ1) is 20.5. The van der Waals surface area contributed by atoms with Crippen molar-refractivity contribution in [3.8, 4) is 5.75 Å². The van der Waals surface area contributed by atoms with E-state index in [9.17, 15) is 14.4 Å². The van der Waals surface area contributed by atoms with Crippen LogP contribution in [-0.2, 0) is 9.59 Å². The topological polar surface area (TPSA) is 123 Å². The van der Waals surface area contributed by atoms with Crippen LogP contribution in [0.15, 0.2) is 106 Å². The van der Waals surface area contributed by atoms with Gasteiger partial charge in [-0.1, -0.05) is 35.6 Å². The van der Waals surface area contributed by atoms with Gasteiger partial charge in [-0.2, -0.15) is 0 Å². The number of ether oxygens (including phenoxy) is 1. The van der Waals surface area contributed by atoms with Crippen LogP contribution in [0.1, 0.15) is 23.0 Å². The zero-order valence-electron chi connectivity index (χ0n) is 22.5. The van der Waals surface area contributed by atoms with Crippen LogP contribution in [0.2, 0.25) is 0 Å². The molecular weight excluding hydrogens is 572 g/mol. The molecule has 0 saturated heterocycles. The van der Waals surface area contributed by atoms with Crippen molar-refractivity contribution in [3.63, 3.8) is 0 Å². The van der Waals surface area contributed by atoms with E-state index in [2.05, 4.69) is 20.9 Å². The third-order valence-corrected chi connectivity index (χ3v) is 7.67. The number of thiazole rings is 1. The minimum atomic E-state index is -0.529. The standard InChI is InChI=1S/C31H26N4O5S2/c1-2-39-23-13-14-25-27(18-23)42-31(34-25)35-28(36)19-41-24-12-6-10-21(16-24)32-30(38)26(17-22-11-7-15-40-22)33-29(37)20-8-4-3-5-9-20/h3-18H,2,19H2,1H3,(H,32,38)(H,33,37)(H,34,35,36)/b26-17-. The number of fused-ring (bicyclic) bond motifs is 1. The number of nitrogens with zero attached hydrogens (tertiary/aromatic N) is 1. The number of thioether (sulfide) groups is 1. The molecule has 0 saturated carbocycles. The molecule has 0 spiro atoms. The molecule has 3 aromatic carbocycles. The maximum Gasteiger partial charge on any atom is 0.272 e. The van der Waals surface area contributed by atoms with E-state index in [1.165, 1.54) is 35.4 Å². The Kier molecular flexibility index (Phi) is 9.32. The summed E-state index contributed by atoms with van der Waals surface area (Å²) in [6, 6.07) is 24.7. The summed E-state index contributed by atoms with van der Waals surface area (Å²) in [5.74, 6) is 0.156. The minimum Gasteiger partial charge on any atom is -0.494 e. The fraction of sp³-hybridized carbons (Fsp3) is 0.0968.